The van der Waals surface area contributed by atoms with E-state index in [-0.39, 0.29) is 17.4 Å². The van der Waals surface area contributed by atoms with Crippen molar-refractivity contribution >= 4 is 23.2 Å². The third kappa shape index (κ3) is 5.25. The highest BCUT2D eigenvalue weighted by Crippen LogP contribution is 2.24. The van der Waals surface area contributed by atoms with Crippen LogP contribution in [0.1, 0.15) is 37.4 Å². The predicted octanol–water partition coefficient (Wildman–Crippen LogP) is 4.08. The molecule has 2 N–H and O–H groups in total. The Morgan fingerprint density at radius 2 is 1.71 bits per heavy atom. The van der Waals surface area contributed by atoms with Gasteiger partial charge in [0.15, 0.2) is 0 Å². The number of aromatic nitrogens is 2. The lowest BCUT2D eigenvalue weighted by Crippen LogP contribution is -2.33. The van der Waals surface area contributed by atoms with Crippen LogP contribution in [0.25, 0.3) is 11.3 Å². The fourth-order valence-corrected chi connectivity index (χ4v) is 3.01. The third-order valence-electron chi connectivity index (χ3n) is 5.02. The van der Waals surface area contributed by atoms with Crippen LogP contribution in [0.4, 0.5) is 11.4 Å². The molecule has 0 radical (unpaired) electrons. The van der Waals surface area contributed by atoms with Crippen LogP contribution in [-0.4, -0.2) is 21.6 Å². The van der Waals surface area contributed by atoms with Crippen LogP contribution in [-0.2, 0) is 9.59 Å². The molecule has 0 saturated carbocycles. The number of aryl methyl sites for hydroxylation is 2. The number of nitrogens with zero attached hydrogens (tertiary/aromatic N) is 2. The normalized spacial score (nSPS) is 11.6. The highest BCUT2D eigenvalue weighted by Gasteiger charge is 2.18. The zero-order valence-electron chi connectivity index (χ0n) is 18.1. The molecule has 31 heavy (non-hydrogen) atoms. The number of carbonyl (C=O) groups is 2. The standard InChI is InChI=1S/C24H26N4O3/c1-5-22(29)26-21-14-18(9-8-16(21)3)20-12-13-23(30)28(27-20)17(4)24(31)25-19-10-6-15(2)7-11-19/h6-14,17H,5H2,1-4H3,(H,25,31)(H,26,29). The summed E-state index contributed by atoms with van der Waals surface area (Å²) >= 11 is 0. The van der Waals surface area contributed by atoms with E-state index >= 15 is 0 Å². The van der Waals surface area contributed by atoms with Crippen molar-refractivity contribution in [3.05, 3.63) is 76.1 Å². The van der Waals surface area contributed by atoms with Gasteiger partial charge in [0.25, 0.3) is 5.56 Å². The zero-order valence-corrected chi connectivity index (χ0v) is 18.1. The zero-order chi connectivity index (χ0) is 22.5. The lowest BCUT2D eigenvalue weighted by atomic mass is 10.1. The van der Waals surface area contributed by atoms with Crippen LogP contribution in [0.3, 0.4) is 0 Å². The smallest absolute Gasteiger partial charge is 0.267 e. The van der Waals surface area contributed by atoms with E-state index in [1.807, 2.05) is 56.3 Å². The van der Waals surface area contributed by atoms with Crippen LogP contribution in [0.2, 0.25) is 0 Å². The summed E-state index contributed by atoms with van der Waals surface area (Å²) in [5.41, 5.74) is 4.24. The van der Waals surface area contributed by atoms with Crippen LogP contribution >= 0.6 is 0 Å². The first-order chi connectivity index (χ1) is 14.8. The van der Waals surface area contributed by atoms with Crippen molar-refractivity contribution in [2.45, 2.75) is 40.2 Å². The van der Waals surface area contributed by atoms with Gasteiger partial charge in [0.05, 0.1) is 5.69 Å². The number of hydrogen-bond donors (Lipinski definition) is 2. The number of benzene rings is 2. The number of carbonyl (C=O) groups excluding carboxylic acids is 2. The van der Waals surface area contributed by atoms with Gasteiger partial charge in [0.2, 0.25) is 11.8 Å². The molecule has 160 valence electrons. The van der Waals surface area contributed by atoms with E-state index in [0.29, 0.717) is 23.5 Å². The molecule has 1 unspecified atom stereocenters. The molecule has 3 aromatic rings. The van der Waals surface area contributed by atoms with Gasteiger partial charge in [-0.25, -0.2) is 4.68 Å². The quantitative estimate of drug-likeness (QED) is 0.631. The average molecular weight is 418 g/mol. The van der Waals surface area contributed by atoms with Gasteiger partial charge in [-0.2, -0.15) is 5.10 Å². The summed E-state index contributed by atoms with van der Waals surface area (Å²) in [6.45, 7) is 7.28. The molecular formula is C24H26N4O3. The maximum absolute atomic E-state index is 12.7. The molecule has 0 aliphatic heterocycles. The predicted molar refractivity (Wildman–Crippen MR) is 122 cm³/mol. The minimum absolute atomic E-state index is 0.0837. The van der Waals surface area contributed by atoms with Crippen molar-refractivity contribution in [3.8, 4) is 11.3 Å². The van der Waals surface area contributed by atoms with E-state index in [0.717, 1.165) is 16.7 Å². The van der Waals surface area contributed by atoms with Crippen molar-refractivity contribution in [1.82, 2.24) is 9.78 Å². The van der Waals surface area contributed by atoms with E-state index in [1.54, 1.807) is 19.9 Å². The summed E-state index contributed by atoms with van der Waals surface area (Å²) in [6.07, 6.45) is 0.375. The van der Waals surface area contributed by atoms with Crippen LogP contribution in [0.15, 0.2) is 59.4 Å². The van der Waals surface area contributed by atoms with Crippen molar-refractivity contribution in [1.29, 1.82) is 0 Å². The van der Waals surface area contributed by atoms with Gasteiger partial charge >= 0.3 is 0 Å². The summed E-state index contributed by atoms with van der Waals surface area (Å²) in [5.74, 6) is -0.421. The van der Waals surface area contributed by atoms with E-state index < -0.39 is 6.04 Å². The number of hydrogen-bond acceptors (Lipinski definition) is 4. The topological polar surface area (TPSA) is 93.1 Å². The Morgan fingerprint density at radius 3 is 2.39 bits per heavy atom. The molecule has 7 heteroatoms. The molecule has 0 spiro atoms. The lowest BCUT2D eigenvalue weighted by molar-refractivity contribution is -0.119. The Balaban J connectivity index is 1.88. The van der Waals surface area contributed by atoms with Crippen molar-refractivity contribution in [3.63, 3.8) is 0 Å². The van der Waals surface area contributed by atoms with Gasteiger partial charge in [-0.15, -0.1) is 0 Å². The molecule has 0 bridgehead atoms. The lowest BCUT2D eigenvalue weighted by Gasteiger charge is -2.16. The fraction of sp³-hybridized carbons (Fsp3) is 0.250. The molecule has 2 amide bonds. The highest BCUT2D eigenvalue weighted by molar-refractivity contribution is 5.93. The van der Waals surface area contributed by atoms with E-state index in [9.17, 15) is 14.4 Å². The van der Waals surface area contributed by atoms with Crippen molar-refractivity contribution in [2.24, 2.45) is 0 Å². The molecule has 0 aliphatic carbocycles. The van der Waals surface area contributed by atoms with Crippen LogP contribution in [0.5, 0.6) is 0 Å². The van der Waals surface area contributed by atoms with Crippen molar-refractivity contribution < 1.29 is 9.59 Å². The SMILES string of the molecule is CCC(=O)Nc1cc(-c2ccc(=O)n(C(C)C(=O)Nc3ccc(C)cc3)n2)ccc1C. The molecule has 0 saturated heterocycles. The largest absolute Gasteiger partial charge is 0.326 e. The minimum atomic E-state index is -0.807. The van der Waals surface area contributed by atoms with E-state index in [2.05, 4.69) is 15.7 Å². The van der Waals surface area contributed by atoms with Gasteiger partial charge < -0.3 is 10.6 Å². The second-order valence-corrected chi connectivity index (χ2v) is 7.46. The first-order valence-electron chi connectivity index (χ1n) is 10.2. The maximum Gasteiger partial charge on any atom is 0.267 e. The Bertz CT molecular complexity index is 1170. The summed E-state index contributed by atoms with van der Waals surface area (Å²) in [6, 6.07) is 15.2. The molecule has 7 nitrogen and oxygen atoms in total. The van der Waals surface area contributed by atoms with Gasteiger partial charge in [-0.3, -0.25) is 14.4 Å². The molecule has 1 heterocycles. The second kappa shape index (κ2) is 9.38. The van der Waals surface area contributed by atoms with Gasteiger partial charge in [-0.05, 0) is 50.6 Å². The van der Waals surface area contributed by atoms with E-state index in [4.69, 9.17) is 0 Å². The molecule has 0 aliphatic rings. The van der Waals surface area contributed by atoms with Crippen LogP contribution < -0.4 is 16.2 Å². The Labute approximate surface area is 181 Å². The van der Waals surface area contributed by atoms with Crippen molar-refractivity contribution in [2.75, 3.05) is 10.6 Å². The maximum atomic E-state index is 12.7. The highest BCUT2D eigenvalue weighted by atomic mass is 16.2. The third-order valence-corrected chi connectivity index (χ3v) is 5.02. The van der Waals surface area contributed by atoms with Gasteiger partial charge in [0, 0.05) is 29.4 Å². The Hall–Kier alpha value is -3.74. The molecular weight excluding hydrogens is 392 g/mol. The van der Waals surface area contributed by atoms with E-state index in [1.165, 1.54) is 10.7 Å². The fourth-order valence-electron chi connectivity index (χ4n) is 3.01. The van der Waals surface area contributed by atoms with Crippen LogP contribution in [0, 0.1) is 13.8 Å². The number of amides is 2. The molecule has 1 aromatic heterocycles. The number of rotatable bonds is 6. The summed E-state index contributed by atoms with van der Waals surface area (Å²) in [7, 11) is 0. The van der Waals surface area contributed by atoms with Gasteiger partial charge in [0.1, 0.15) is 6.04 Å². The molecule has 3 rings (SSSR count). The average Bonchev–Trinajstić information content (AvgIpc) is 2.76. The monoisotopic (exact) mass is 418 g/mol. The Morgan fingerprint density at radius 1 is 1.00 bits per heavy atom. The summed E-state index contributed by atoms with van der Waals surface area (Å²) in [4.78, 5) is 36.9. The summed E-state index contributed by atoms with van der Waals surface area (Å²) in [5, 5.41) is 10.1. The first-order valence-corrected chi connectivity index (χ1v) is 10.2. The molecule has 2 aromatic carbocycles. The van der Waals surface area contributed by atoms with Gasteiger partial charge in [-0.1, -0.05) is 36.8 Å². The molecule has 0 fully saturated rings. The minimum Gasteiger partial charge on any atom is -0.326 e. The first kappa shape index (κ1) is 22.0. The number of nitrogens with one attached hydrogen (secondary N) is 2. The number of anilines is 2. The Kier molecular flexibility index (Phi) is 6.65. The summed E-state index contributed by atoms with van der Waals surface area (Å²) < 4.78 is 1.17. The second-order valence-electron chi connectivity index (χ2n) is 7.46. The molecule has 1 atom stereocenters.